The van der Waals surface area contributed by atoms with E-state index in [1.54, 1.807) is 0 Å². The molecule has 1 saturated heterocycles. The van der Waals surface area contributed by atoms with Crippen molar-refractivity contribution in [2.24, 2.45) is 0 Å². The third-order valence-electron chi connectivity index (χ3n) is 7.26. The molecule has 1 fully saturated rings. The minimum atomic E-state index is 0.490. The molecule has 6 aromatic carbocycles. The molecule has 1 nitrogen and oxygen atoms in total. The molecule has 1 heterocycles. The zero-order valence-corrected chi connectivity index (χ0v) is 18.4. The van der Waals surface area contributed by atoms with Gasteiger partial charge < -0.3 is 4.74 Å². The van der Waals surface area contributed by atoms with Crippen molar-refractivity contribution in [3.63, 3.8) is 0 Å². The van der Waals surface area contributed by atoms with Crippen LogP contribution in [0.5, 0.6) is 0 Å². The lowest BCUT2D eigenvalue weighted by Crippen LogP contribution is -2.12. The van der Waals surface area contributed by atoms with Crippen LogP contribution in [-0.4, -0.2) is 12.2 Å². The Morgan fingerprint density at radius 2 is 1.00 bits per heavy atom. The normalized spacial score (nSPS) is 18.5. The Kier molecular flexibility index (Phi) is 4.25. The third-order valence-corrected chi connectivity index (χ3v) is 7.26. The van der Waals surface area contributed by atoms with Crippen LogP contribution in [0.25, 0.3) is 43.1 Å². The van der Waals surface area contributed by atoms with Crippen LogP contribution in [0.3, 0.4) is 0 Å². The van der Waals surface area contributed by atoms with Crippen LogP contribution < -0.4 is 0 Å². The molecule has 33 heavy (non-hydrogen) atoms. The highest BCUT2D eigenvalue weighted by Gasteiger charge is 2.43. The van der Waals surface area contributed by atoms with Crippen molar-refractivity contribution in [2.45, 2.75) is 25.0 Å². The van der Waals surface area contributed by atoms with E-state index in [4.69, 9.17) is 4.74 Å². The molecule has 0 N–H and O–H groups in total. The minimum Gasteiger partial charge on any atom is -0.369 e. The first-order chi connectivity index (χ1) is 16.3. The average molecular weight is 425 g/mol. The second-order valence-corrected chi connectivity index (χ2v) is 9.25. The number of hydrogen-bond acceptors (Lipinski definition) is 1. The Labute approximate surface area is 193 Å². The lowest BCUT2D eigenvalue weighted by atomic mass is 9.86. The maximum atomic E-state index is 5.70. The van der Waals surface area contributed by atoms with Crippen LogP contribution in [0.4, 0.5) is 0 Å². The number of ether oxygens (including phenoxy) is 1. The van der Waals surface area contributed by atoms with Gasteiger partial charge in [0.05, 0.1) is 12.2 Å². The average Bonchev–Trinajstić information content (AvgIpc) is 3.64. The van der Waals surface area contributed by atoms with Gasteiger partial charge in [0.1, 0.15) is 0 Å². The van der Waals surface area contributed by atoms with E-state index in [2.05, 4.69) is 109 Å². The van der Waals surface area contributed by atoms with Crippen molar-refractivity contribution >= 4 is 43.1 Å². The van der Waals surface area contributed by atoms with Crippen LogP contribution >= 0.6 is 0 Å². The molecule has 0 aromatic heterocycles. The van der Waals surface area contributed by atoms with E-state index in [0.29, 0.717) is 12.2 Å². The maximum Gasteiger partial charge on any atom is 0.0885 e. The molecule has 2 unspecified atom stereocenters. The molecule has 6 aromatic rings. The van der Waals surface area contributed by atoms with E-state index in [1.165, 1.54) is 54.2 Å². The number of epoxide rings is 1. The van der Waals surface area contributed by atoms with Crippen molar-refractivity contribution in [3.8, 4) is 0 Å². The summed E-state index contributed by atoms with van der Waals surface area (Å²) in [6.45, 7) is 0. The topological polar surface area (TPSA) is 12.5 Å². The van der Waals surface area contributed by atoms with Gasteiger partial charge in [0.2, 0.25) is 0 Å². The molecule has 0 amide bonds. The van der Waals surface area contributed by atoms with E-state index in [9.17, 15) is 0 Å². The Hall–Kier alpha value is -3.68. The van der Waals surface area contributed by atoms with Crippen LogP contribution in [0.2, 0.25) is 0 Å². The summed E-state index contributed by atoms with van der Waals surface area (Å²) in [5.74, 6) is 0. The maximum absolute atomic E-state index is 5.70. The van der Waals surface area contributed by atoms with E-state index < -0.39 is 0 Å². The van der Waals surface area contributed by atoms with E-state index in [0.717, 1.165) is 12.8 Å². The number of hydrogen-bond donors (Lipinski definition) is 0. The molecular weight excluding hydrogens is 400 g/mol. The molecule has 0 radical (unpaired) electrons. The minimum absolute atomic E-state index is 0.490. The summed E-state index contributed by atoms with van der Waals surface area (Å²) < 4.78 is 5.70. The van der Waals surface area contributed by atoms with Gasteiger partial charge in [0.15, 0.2) is 0 Å². The van der Waals surface area contributed by atoms with Gasteiger partial charge in [-0.15, -0.1) is 0 Å². The zero-order valence-electron chi connectivity index (χ0n) is 18.4. The van der Waals surface area contributed by atoms with Crippen molar-refractivity contribution in [1.29, 1.82) is 0 Å². The molecule has 1 aliphatic carbocycles. The Balaban J connectivity index is 0.000000121. The quantitative estimate of drug-likeness (QED) is 0.137. The van der Waals surface area contributed by atoms with Crippen LogP contribution in [-0.2, 0) is 17.6 Å². The van der Waals surface area contributed by atoms with Crippen molar-refractivity contribution in [1.82, 2.24) is 0 Å². The Morgan fingerprint density at radius 1 is 0.455 bits per heavy atom. The van der Waals surface area contributed by atoms with Crippen molar-refractivity contribution in [2.75, 3.05) is 0 Å². The van der Waals surface area contributed by atoms with Gasteiger partial charge in [-0.05, 0) is 66.3 Å². The van der Waals surface area contributed by atoms with Gasteiger partial charge in [0, 0.05) is 12.8 Å². The highest BCUT2D eigenvalue weighted by atomic mass is 16.6. The molecule has 2 atom stereocenters. The Bertz CT molecular complexity index is 1560. The molecule has 1 heteroatoms. The molecule has 158 valence electrons. The highest BCUT2D eigenvalue weighted by Crippen LogP contribution is 2.40. The molecule has 2 aliphatic rings. The SMILES string of the molecule is c1ccc2c(c1)ccc1c3c(ccc12)CC1OC1C3.c1ccc2cc3ccccc3cc2c1. The van der Waals surface area contributed by atoms with Crippen LogP contribution in [0.1, 0.15) is 11.1 Å². The second kappa shape index (κ2) is 7.43. The molecule has 0 saturated carbocycles. The summed E-state index contributed by atoms with van der Waals surface area (Å²) in [5.41, 5.74) is 3.00. The first-order valence-electron chi connectivity index (χ1n) is 11.8. The van der Waals surface area contributed by atoms with E-state index >= 15 is 0 Å². The van der Waals surface area contributed by atoms with Gasteiger partial charge >= 0.3 is 0 Å². The summed E-state index contributed by atoms with van der Waals surface area (Å²) >= 11 is 0. The molecular formula is C32H24O. The monoisotopic (exact) mass is 424 g/mol. The summed E-state index contributed by atoms with van der Waals surface area (Å²) in [6, 6.07) is 39.2. The van der Waals surface area contributed by atoms with Crippen LogP contribution in [0, 0.1) is 0 Å². The zero-order chi connectivity index (χ0) is 21.8. The smallest absolute Gasteiger partial charge is 0.0885 e. The first kappa shape index (κ1) is 18.8. The lowest BCUT2D eigenvalue weighted by molar-refractivity contribution is 0.375. The number of rotatable bonds is 0. The molecule has 8 rings (SSSR count). The molecule has 1 aliphatic heterocycles. The standard InChI is InChI=1S/C18H14O.C14H10/c1-2-4-13-11(3-1)5-7-15-14(13)8-6-12-9-17-18(19-17)10-16(12)15;1-2-6-12-10-14-8-4-3-7-13(14)9-11(12)5-1/h1-8,17-18H,9-10H2;1-10H. The summed E-state index contributed by atoms with van der Waals surface area (Å²) in [6.07, 6.45) is 3.19. The predicted octanol–water partition coefficient (Wildman–Crippen LogP) is 7.85. The largest absolute Gasteiger partial charge is 0.369 e. The van der Waals surface area contributed by atoms with E-state index in [-0.39, 0.29) is 0 Å². The van der Waals surface area contributed by atoms with Gasteiger partial charge in [-0.25, -0.2) is 0 Å². The fourth-order valence-corrected chi connectivity index (χ4v) is 5.47. The first-order valence-corrected chi connectivity index (χ1v) is 11.8. The number of fused-ring (bicyclic) bond motifs is 8. The van der Waals surface area contributed by atoms with Crippen molar-refractivity contribution in [3.05, 3.63) is 120 Å². The summed E-state index contributed by atoms with van der Waals surface area (Å²) in [7, 11) is 0. The summed E-state index contributed by atoms with van der Waals surface area (Å²) in [4.78, 5) is 0. The van der Waals surface area contributed by atoms with Gasteiger partial charge in [0.25, 0.3) is 0 Å². The molecule has 0 spiro atoms. The third kappa shape index (κ3) is 3.28. The Morgan fingerprint density at radius 3 is 1.67 bits per heavy atom. The fraction of sp³-hybridized carbons (Fsp3) is 0.125. The fourth-order valence-electron chi connectivity index (χ4n) is 5.47. The van der Waals surface area contributed by atoms with Gasteiger partial charge in [-0.3, -0.25) is 0 Å². The van der Waals surface area contributed by atoms with Crippen molar-refractivity contribution < 1.29 is 4.74 Å². The summed E-state index contributed by atoms with van der Waals surface area (Å²) in [5, 5.41) is 10.7. The predicted molar refractivity (Wildman–Crippen MR) is 139 cm³/mol. The lowest BCUT2D eigenvalue weighted by Gasteiger charge is -2.16. The highest BCUT2D eigenvalue weighted by molar-refractivity contribution is 6.08. The molecule has 0 bridgehead atoms. The van der Waals surface area contributed by atoms with Gasteiger partial charge in [-0.2, -0.15) is 0 Å². The number of benzene rings is 6. The van der Waals surface area contributed by atoms with Crippen LogP contribution in [0.15, 0.2) is 109 Å². The van der Waals surface area contributed by atoms with Gasteiger partial charge in [-0.1, -0.05) is 97.1 Å². The second-order valence-electron chi connectivity index (χ2n) is 9.25. The van der Waals surface area contributed by atoms with E-state index in [1.807, 2.05) is 0 Å².